The first-order valence-corrected chi connectivity index (χ1v) is 3.93. The van der Waals surface area contributed by atoms with E-state index in [4.69, 9.17) is 10.3 Å². The second kappa shape index (κ2) is 3.42. The summed E-state index contributed by atoms with van der Waals surface area (Å²) in [5, 5.41) is 3.80. The predicted octanol–water partition coefficient (Wildman–Crippen LogP) is 1.85. The minimum absolute atomic E-state index is 0.406. The fourth-order valence-electron chi connectivity index (χ4n) is 0.926. The first kappa shape index (κ1) is 8.11. The van der Waals surface area contributed by atoms with Gasteiger partial charge in [0, 0.05) is 6.07 Å². The summed E-state index contributed by atoms with van der Waals surface area (Å²) in [5.41, 5.74) is 6.32. The van der Waals surface area contributed by atoms with Crippen molar-refractivity contribution in [3.8, 4) is 0 Å². The Labute approximate surface area is 66.6 Å². The Balaban J connectivity index is 2.50. The average molecular weight is 154 g/mol. The highest BCUT2D eigenvalue weighted by molar-refractivity contribution is 5.24. The van der Waals surface area contributed by atoms with Crippen LogP contribution < -0.4 is 5.73 Å². The van der Waals surface area contributed by atoms with Gasteiger partial charge < -0.3 is 10.3 Å². The Hall–Kier alpha value is -0.990. The van der Waals surface area contributed by atoms with E-state index >= 15 is 0 Å². The molecule has 1 rings (SSSR count). The van der Waals surface area contributed by atoms with Crippen molar-refractivity contribution in [2.24, 2.45) is 5.92 Å². The van der Waals surface area contributed by atoms with E-state index in [-0.39, 0.29) is 0 Å². The third-order valence-electron chi connectivity index (χ3n) is 1.83. The van der Waals surface area contributed by atoms with E-state index in [0.717, 1.165) is 18.5 Å². The van der Waals surface area contributed by atoms with Crippen LogP contribution >= 0.6 is 0 Å². The van der Waals surface area contributed by atoms with Gasteiger partial charge in [-0.15, -0.1) is 0 Å². The maximum Gasteiger partial charge on any atom is 0.222 e. The van der Waals surface area contributed by atoms with Gasteiger partial charge in [0.05, 0.1) is 5.69 Å². The summed E-state index contributed by atoms with van der Waals surface area (Å²) in [7, 11) is 0. The molecule has 0 radical (unpaired) electrons. The van der Waals surface area contributed by atoms with E-state index in [1.165, 1.54) is 0 Å². The highest BCUT2D eigenvalue weighted by Crippen LogP contribution is 2.12. The van der Waals surface area contributed by atoms with Crippen molar-refractivity contribution in [3.05, 3.63) is 11.8 Å². The Kier molecular flexibility index (Phi) is 2.52. The number of hydrogen-bond acceptors (Lipinski definition) is 3. The van der Waals surface area contributed by atoms with Crippen LogP contribution in [0.15, 0.2) is 10.6 Å². The first-order valence-electron chi connectivity index (χ1n) is 3.93. The van der Waals surface area contributed by atoms with Gasteiger partial charge in [-0.05, 0) is 12.3 Å². The molecule has 0 saturated carbocycles. The summed E-state index contributed by atoms with van der Waals surface area (Å²) in [6.07, 6.45) is 2.12. The van der Waals surface area contributed by atoms with Crippen LogP contribution in [-0.2, 0) is 6.42 Å². The molecule has 3 heteroatoms. The molecular weight excluding hydrogens is 140 g/mol. The van der Waals surface area contributed by atoms with Gasteiger partial charge in [0.1, 0.15) is 0 Å². The number of anilines is 1. The van der Waals surface area contributed by atoms with Crippen LogP contribution in [0.4, 0.5) is 5.88 Å². The molecular formula is C8H14N2O. The SMILES string of the molecule is CCC(C)Cc1cc(N)on1. The molecule has 11 heavy (non-hydrogen) atoms. The molecule has 2 N–H and O–H groups in total. The van der Waals surface area contributed by atoms with Crippen molar-refractivity contribution in [2.75, 3.05) is 5.73 Å². The number of aromatic nitrogens is 1. The van der Waals surface area contributed by atoms with Gasteiger partial charge >= 0.3 is 0 Å². The standard InChI is InChI=1S/C8H14N2O/c1-3-6(2)4-7-5-8(9)11-10-7/h5-6H,3-4,9H2,1-2H3. The molecule has 0 saturated heterocycles. The normalized spacial score (nSPS) is 13.3. The number of hydrogen-bond donors (Lipinski definition) is 1. The van der Waals surface area contributed by atoms with Crippen molar-refractivity contribution in [3.63, 3.8) is 0 Å². The number of nitrogen functional groups attached to an aromatic ring is 1. The average Bonchev–Trinajstić information content (AvgIpc) is 2.35. The molecule has 3 nitrogen and oxygen atoms in total. The largest absolute Gasteiger partial charge is 0.368 e. The van der Waals surface area contributed by atoms with Crippen molar-refractivity contribution >= 4 is 5.88 Å². The summed E-state index contributed by atoms with van der Waals surface area (Å²) in [5.74, 6) is 1.06. The number of rotatable bonds is 3. The van der Waals surface area contributed by atoms with E-state index in [2.05, 4.69) is 19.0 Å². The van der Waals surface area contributed by atoms with Crippen LogP contribution in [0.25, 0.3) is 0 Å². The molecule has 0 aromatic carbocycles. The summed E-state index contributed by atoms with van der Waals surface area (Å²) in [6.45, 7) is 4.35. The van der Waals surface area contributed by atoms with Gasteiger partial charge in [-0.25, -0.2) is 0 Å². The zero-order valence-electron chi connectivity index (χ0n) is 7.00. The molecule has 0 aliphatic carbocycles. The monoisotopic (exact) mass is 154 g/mol. The minimum atomic E-state index is 0.406. The molecule has 1 unspecified atom stereocenters. The molecule has 0 fully saturated rings. The zero-order valence-corrected chi connectivity index (χ0v) is 7.00. The molecule has 0 bridgehead atoms. The van der Waals surface area contributed by atoms with Gasteiger partial charge in [0.15, 0.2) is 0 Å². The molecule has 1 aromatic heterocycles. The fraction of sp³-hybridized carbons (Fsp3) is 0.625. The van der Waals surface area contributed by atoms with Crippen molar-refractivity contribution < 1.29 is 4.52 Å². The lowest BCUT2D eigenvalue weighted by Gasteiger charge is -2.02. The Morgan fingerprint density at radius 3 is 2.91 bits per heavy atom. The lowest BCUT2D eigenvalue weighted by Crippen LogP contribution is -1.97. The van der Waals surface area contributed by atoms with Gasteiger partial charge in [-0.2, -0.15) is 0 Å². The lowest BCUT2D eigenvalue weighted by molar-refractivity contribution is 0.418. The molecule has 0 aliphatic heterocycles. The zero-order chi connectivity index (χ0) is 8.27. The highest BCUT2D eigenvalue weighted by Gasteiger charge is 2.04. The van der Waals surface area contributed by atoms with E-state index in [0.29, 0.717) is 11.8 Å². The van der Waals surface area contributed by atoms with Crippen LogP contribution in [0.1, 0.15) is 26.0 Å². The topological polar surface area (TPSA) is 52.0 Å². The Morgan fingerprint density at radius 2 is 2.45 bits per heavy atom. The summed E-state index contributed by atoms with van der Waals surface area (Å²) in [6, 6.07) is 1.78. The minimum Gasteiger partial charge on any atom is -0.368 e. The van der Waals surface area contributed by atoms with Crippen LogP contribution in [-0.4, -0.2) is 5.16 Å². The van der Waals surface area contributed by atoms with Gasteiger partial charge in [-0.3, -0.25) is 0 Å². The quantitative estimate of drug-likeness (QED) is 0.722. The molecule has 62 valence electrons. The van der Waals surface area contributed by atoms with E-state index in [1.807, 2.05) is 0 Å². The number of nitrogens with two attached hydrogens (primary N) is 1. The second-order valence-corrected chi connectivity index (χ2v) is 2.94. The van der Waals surface area contributed by atoms with Crippen molar-refractivity contribution in [2.45, 2.75) is 26.7 Å². The summed E-state index contributed by atoms with van der Waals surface area (Å²) >= 11 is 0. The molecule has 0 spiro atoms. The van der Waals surface area contributed by atoms with Crippen LogP contribution in [0.2, 0.25) is 0 Å². The molecule has 1 atom stereocenters. The van der Waals surface area contributed by atoms with E-state index in [1.54, 1.807) is 6.07 Å². The lowest BCUT2D eigenvalue weighted by atomic mass is 10.0. The van der Waals surface area contributed by atoms with Gasteiger partial charge in [0.25, 0.3) is 0 Å². The van der Waals surface area contributed by atoms with Gasteiger partial charge in [-0.1, -0.05) is 25.4 Å². The highest BCUT2D eigenvalue weighted by atomic mass is 16.5. The number of nitrogens with zero attached hydrogens (tertiary/aromatic N) is 1. The Morgan fingerprint density at radius 1 is 1.73 bits per heavy atom. The van der Waals surface area contributed by atoms with Gasteiger partial charge in [0.2, 0.25) is 5.88 Å². The van der Waals surface area contributed by atoms with Crippen LogP contribution in [0, 0.1) is 5.92 Å². The van der Waals surface area contributed by atoms with E-state index < -0.39 is 0 Å². The smallest absolute Gasteiger partial charge is 0.222 e. The van der Waals surface area contributed by atoms with Crippen molar-refractivity contribution in [1.29, 1.82) is 0 Å². The molecule has 0 aliphatic rings. The summed E-state index contributed by atoms with van der Waals surface area (Å²) in [4.78, 5) is 0. The first-order chi connectivity index (χ1) is 5.22. The molecule has 1 aromatic rings. The summed E-state index contributed by atoms with van der Waals surface area (Å²) < 4.78 is 4.74. The van der Waals surface area contributed by atoms with Crippen LogP contribution in [0.5, 0.6) is 0 Å². The maximum absolute atomic E-state index is 5.37. The second-order valence-electron chi connectivity index (χ2n) is 2.94. The Bertz CT molecular complexity index is 220. The third kappa shape index (κ3) is 2.26. The maximum atomic E-state index is 5.37. The third-order valence-corrected chi connectivity index (χ3v) is 1.83. The fourth-order valence-corrected chi connectivity index (χ4v) is 0.926. The van der Waals surface area contributed by atoms with Crippen molar-refractivity contribution in [1.82, 2.24) is 5.16 Å². The van der Waals surface area contributed by atoms with E-state index in [9.17, 15) is 0 Å². The van der Waals surface area contributed by atoms with Crippen LogP contribution in [0.3, 0.4) is 0 Å². The molecule has 1 heterocycles. The predicted molar refractivity (Wildman–Crippen MR) is 44.1 cm³/mol. The molecule has 0 amide bonds.